The lowest BCUT2D eigenvalue weighted by atomic mass is 9.77. The highest BCUT2D eigenvalue weighted by Crippen LogP contribution is 2.40. The maximum atomic E-state index is 13.0. The van der Waals surface area contributed by atoms with Crippen molar-refractivity contribution in [2.75, 3.05) is 4.90 Å². The van der Waals surface area contributed by atoms with Gasteiger partial charge in [0.1, 0.15) is 5.54 Å². The molecule has 1 amide bonds. The highest BCUT2D eigenvalue weighted by Gasteiger charge is 2.53. The van der Waals surface area contributed by atoms with Gasteiger partial charge in [-0.1, -0.05) is 0 Å². The molecule has 0 aromatic heterocycles. The van der Waals surface area contributed by atoms with Crippen molar-refractivity contribution in [2.45, 2.75) is 31.0 Å². The normalized spacial score (nSPS) is 19.8. The average molecular weight is 325 g/mol. The van der Waals surface area contributed by atoms with Gasteiger partial charge in [-0.15, -0.1) is 0 Å². The van der Waals surface area contributed by atoms with E-state index in [1.807, 2.05) is 0 Å². The van der Waals surface area contributed by atoms with Crippen LogP contribution in [0.15, 0.2) is 18.2 Å². The first-order valence-electron chi connectivity index (χ1n) is 6.56. The molecule has 1 spiro atoms. The summed E-state index contributed by atoms with van der Waals surface area (Å²) in [7, 11) is 0. The minimum atomic E-state index is -4.67. The maximum Gasteiger partial charge on any atom is 0.417 e. The average Bonchev–Trinajstić information content (AvgIpc) is 2.68. The van der Waals surface area contributed by atoms with Gasteiger partial charge in [-0.3, -0.25) is 9.69 Å². The molecule has 1 aromatic carbocycles. The molecule has 1 saturated carbocycles. The number of anilines is 1. The number of carbonyl (C=O) groups is 1. The second-order valence-electron chi connectivity index (χ2n) is 5.35. The van der Waals surface area contributed by atoms with Crippen LogP contribution < -0.4 is 10.2 Å². The third-order valence-corrected chi connectivity index (χ3v) is 4.34. The number of nitrogens with one attached hydrogen (secondary N) is 1. The molecular formula is C14H10F3N3OS. The first kappa shape index (κ1) is 14.8. The standard InChI is InChI=1S/C14H10F3N3OS/c15-14(16,17)10-6-9(3-2-8(10)7-18)20-11(21)13(4-1-5-13)19-12(20)22/h2-3,6H,1,4-5H2,(H,19,22). The molecule has 4 nitrogen and oxygen atoms in total. The molecule has 3 rings (SSSR count). The van der Waals surface area contributed by atoms with Gasteiger partial charge in [-0.25, -0.2) is 0 Å². The number of hydrogen-bond acceptors (Lipinski definition) is 3. The first-order valence-corrected chi connectivity index (χ1v) is 6.97. The second kappa shape index (κ2) is 4.68. The van der Waals surface area contributed by atoms with E-state index in [-0.39, 0.29) is 16.7 Å². The SMILES string of the molecule is N#Cc1ccc(N2C(=O)C3(CCC3)NC2=S)cc1C(F)(F)F. The molecule has 114 valence electrons. The van der Waals surface area contributed by atoms with Crippen molar-refractivity contribution in [3.05, 3.63) is 29.3 Å². The molecule has 0 radical (unpaired) electrons. The van der Waals surface area contributed by atoms with E-state index in [4.69, 9.17) is 17.5 Å². The monoisotopic (exact) mass is 325 g/mol. The molecular weight excluding hydrogens is 315 g/mol. The van der Waals surface area contributed by atoms with Gasteiger partial charge < -0.3 is 5.32 Å². The molecule has 2 fully saturated rings. The van der Waals surface area contributed by atoms with Crippen molar-refractivity contribution < 1.29 is 18.0 Å². The summed E-state index contributed by atoms with van der Waals surface area (Å²) in [4.78, 5) is 13.6. The van der Waals surface area contributed by atoms with Crippen LogP contribution in [-0.2, 0) is 11.0 Å². The fraction of sp³-hybridized carbons (Fsp3) is 0.357. The number of carbonyl (C=O) groups excluding carboxylic acids is 1. The van der Waals surface area contributed by atoms with Crippen LogP contribution in [0.5, 0.6) is 0 Å². The van der Waals surface area contributed by atoms with Gasteiger partial charge >= 0.3 is 6.18 Å². The van der Waals surface area contributed by atoms with Gasteiger partial charge in [0.05, 0.1) is 22.9 Å². The van der Waals surface area contributed by atoms with E-state index < -0.39 is 22.8 Å². The second-order valence-corrected chi connectivity index (χ2v) is 5.73. The van der Waals surface area contributed by atoms with E-state index >= 15 is 0 Å². The molecule has 1 aliphatic carbocycles. The lowest BCUT2D eigenvalue weighted by Crippen LogP contribution is -2.52. The van der Waals surface area contributed by atoms with Crippen LogP contribution in [0, 0.1) is 11.3 Å². The summed E-state index contributed by atoms with van der Waals surface area (Å²) in [5.74, 6) is -0.332. The summed E-state index contributed by atoms with van der Waals surface area (Å²) in [5.41, 5.74) is -2.29. The van der Waals surface area contributed by atoms with Crippen molar-refractivity contribution >= 4 is 28.9 Å². The quantitative estimate of drug-likeness (QED) is 0.807. The molecule has 1 aliphatic heterocycles. The molecule has 0 unspecified atom stereocenters. The third kappa shape index (κ3) is 2.04. The Balaban J connectivity index is 2.04. The van der Waals surface area contributed by atoms with Gasteiger partial charge in [-0.05, 0) is 49.7 Å². The number of thiocarbonyl (C=S) groups is 1. The minimum Gasteiger partial charge on any atom is -0.348 e. The van der Waals surface area contributed by atoms with Crippen molar-refractivity contribution in [1.29, 1.82) is 5.26 Å². The molecule has 1 aromatic rings. The van der Waals surface area contributed by atoms with Crippen LogP contribution >= 0.6 is 12.2 Å². The van der Waals surface area contributed by atoms with E-state index in [2.05, 4.69) is 5.32 Å². The fourth-order valence-electron chi connectivity index (χ4n) is 2.73. The van der Waals surface area contributed by atoms with E-state index in [9.17, 15) is 18.0 Å². The Morgan fingerprint density at radius 3 is 2.50 bits per heavy atom. The number of rotatable bonds is 1. The van der Waals surface area contributed by atoms with Crippen LogP contribution in [0.3, 0.4) is 0 Å². The van der Waals surface area contributed by atoms with E-state index in [1.54, 1.807) is 0 Å². The van der Waals surface area contributed by atoms with Crippen molar-refractivity contribution in [3.63, 3.8) is 0 Å². The van der Waals surface area contributed by atoms with Gasteiger partial charge in [-0.2, -0.15) is 18.4 Å². The number of amides is 1. The van der Waals surface area contributed by atoms with Crippen LogP contribution in [0.2, 0.25) is 0 Å². The molecule has 22 heavy (non-hydrogen) atoms. The molecule has 1 heterocycles. The van der Waals surface area contributed by atoms with E-state index in [1.165, 1.54) is 12.1 Å². The summed E-state index contributed by atoms with van der Waals surface area (Å²) in [5, 5.41) is 11.8. The predicted octanol–water partition coefficient (Wildman–Crippen LogP) is 2.72. The van der Waals surface area contributed by atoms with Crippen molar-refractivity contribution in [1.82, 2.24) is 5.32 Å². The topological polar surface area (TPSA) is 56.1 Å². The van der Waals surface area contributed by atoms with Gasteiger partial charge in [0.15, 0.2) is 5.11 Å². The largest absolute Gasteiger partial charge is 0.417 e. The number of hydrogen-bond donors (Lipinski definition) is 1. The zero-order chi connectivity index (χ0) is 16.1. The highest BCUT2D eigenvalue weighted by molar-refractivity contribution is 7.80. The Hall–Kier alpha value is -2.14. The molecule has 0 atom stereocenters. The smallest absolute Gasteiger partial charge is 0.348 e. The maximum absolute atomic E-state index is 13.0. The molecule has 2 aliphatic rings. The third-order valence-electron chi connectivity index (χ3n) is 4.06. The van der Waals surface area contributed by atoms with Crippen molar-refractivity contribution in [2.24, 2.45) is 0 Å². The van der Waals surface area contributed by atoms with Crippen molar-refractivity contribution in [3.8, 4) is 6.07 Å². The number of nitrogens with zero attached hydrogens (tertiary/aromatic N) is 2. The van der Waals surface area contributed by atoms with Gasteiger partial charge in [0.25, 0.3) is 5.91 Å². The zero-order valence-electron chi connectivity index (χ0n) is 11.2. The molecule has 0 bridgehead atoms. The fourth-order valence-corrected chi connectivity index (χ4v) is 3.11. The Morgan fingerprint density at radius 1 is 1.36 bits per heavy atom. The van der Waals surface area contributed by atoms with Crippen LogP contribution in [0.4, 0.5) is 18.9 Å². The Morgan fingerprint density at radius 2 is 2.05 bits per heavy atom. The molecule has 8 heteroatoms. The Bertz CT molecular complexity index is 719. The lowest BCUT2D eigenvalue weighted by molar-refractivity contribution is -0.137. The van der Waals surface area contributed by atoms with Gasteiger partial charge in [0.2, 0.25) is 0 Å². The predicted molar refractivity (Wildman–Crippen MR) is 76.0 cm³/mol. The molecule has 1 N–H and O–H groups in total. The molecule has 1 saturated heterocycles. The summed E-state index contributed by atoms with van der Waals surface area (Å²) in [6.07, 6.45) is -2.57. The number of halogens is 3. The minimum absolute atomic E-state index is 0.0256. The first-order chi connectivity index (χ1) is 10.3. The summed E-state index contributed by atoms with van der Waals surface area (Å²) in [6.45, 7) is 0. The number of benzene rings is 1. The zero-order valence-corrected chi connectivity index (χ0v) is 12.0. The summed E-state index contributed by atoms with van der Waals surface area (Å²) in [6, 6.07) is 4.66. The summed E-state index contributed by atoms with van der Waals surface area (Å²) < 4.78 is 39.1. The number of alkyl halides is 3. The van der Waals surface area contributed by atoms with Crippen LogP contribution in [0.25, 0.3) is 0 Å². The van der Waals surface area contributed by atoms with Crippen LogP contribution in [0.1, 0.15) is 30.4 Å². The Kier molecular flexibility index (Phi) is 3.14. The highest BCUT2D eigenvalue weighted by atomic mass is 32.1. The number of nitriles is 1. The Labute approximate surface area is 129 Å². The lowest BCUT2D eigenvalue weighted by Gasteiger charge is -2.35. The van der Waals surface area contributed by atoms with E-state index in [0.29, 0.717) is 12.8 Å². The van der Waals surface area contributed by atoms with Crippen LogP contribution in [-0.4, -0.2) is 16.6 Å². The van der Waals surface area contributed by atoms with E-state index in [0.717, 1.165) is 23.5 Å². The van der Waals surface area contributed by atoms with Gasteiger partial charge in [0, 0.05) is 0 Å². The summed E-state index contributed by atoms with van der Waals surface area (Å²) >= 11 is 5.09.